The number of hydrogen-bond donors (Lipinski definition) is 0. The van der Waals surface area contributed by atoms with E-state index in [0.29, 0.717) is 12.5 Å². The summed E-state index contributed by atoms with van der Waals surface area (Å²) in [7, 11) is 0. The number of rotatable bonds is 3. The van der Waals surface area contributed by atoms with E-state index in [1.807, 2.05) is 0 Å². The van der Waals surface area contributed by atoms with Gasteiger partial charge in [-0.1, -0.05) is 18.2 Å². The van der Waals surface area contributed by atoms with Gasteiger partial charge in [-0.3, -0.25) is 4.90 Å². The number of fused-ring (bicyclic) bond motifs is 1. The van der Waals surface area contributed by atoms with Crippen LogP contribution in [0.1, 0.15) is 37.0 Å². The van der Waals surface area contributed by atoms with Gasteiger partial charge < -0.3 is 0 Å². The van der Waals surface area contributed by atoms with Crippen LogP contribution in [0.3, 0.4) is 0 Å². The molecule has 1 aromatic carbocycles. The molecule has 0 amide bonds. The van der Waals surface area contributed by atoms with Crippen LogP contribution >= 0.6 is 0 Å². The zero-order valence-corrected chi connectivity index (χ0v) is 10.7. The standard InChI is InChI=1S/C15H20N2/c1-12(2)17-9-7-14-10-13(4-3-8-16)5-6-15(14)11-17/h5-6,10,12H,3-4,7,9,11H2,1-2H3. The fraction of sp³-hybridized carbons (Fsp3) is 0.533. The second-order valence-electron chi connectivity index (χ2n) is 5.08. The van der Waals surface area contributed by atoms with Crippen LogP contribution in [0.15, 0.2) is 18.2 Å². The molecule has 0 bridgehead atoms. The lowest BCUT2D eigenvalue weighted by Crippen LogP contribution is -2.35. The highest BCUT2D eigenvalue weighted by Gasteiger charge is 2.18. The molecule has 0 radical (unpaired) electrons. The number of hydrogen-bond acceptors (Lipinski definition) is 2. The van der Waals surface area contributed by atoms with Gasteiger partial charge in [0, 0.05) is 25.6 Å². The van der Waals surface area contributed by atoms with Gasteiger partial charge in [0.1, 0.15) is 0 Å². The first kappa shape index (κ1) is 12.1. The summed E-state index contributed by atoms with van der Waals surface area (Å²) < 4.78 is 0. The summed E-state index contributed by atoms with van der Waals surface area (Å²) in [6, 6.07) is 9.56. The van der Waals surface area contributed by atoms with Crippen molar-refractivity contribution >= 4 is 0 Å². The van der Waals surface area contributed by atoms with Gasteiger partial charge in [0.2, 0.25) is 0 Å². The van der Waals surface area contributed by atoms with Gasteiger partial charge in [-0.15, -0.1) is 0 Å². The van der Waals surface area contributed by atoms with Crippen LogP contribution in [-0.2, 0) is 19.4 Å². The predicted molar refractivity (Wildman–Crippen MR) is 69.6 cm³/mol. The smallest absolute Gasteiger partial charge is 0.0625 e. The van der Waals surface area contributed by atoms with Crippen molar-refractivity contribution in [2.45, 2.75) is 45.7 Å². The Morgan fingerprint density at radius 2 is 2.18 bits per heavy atom. The van der Waals surface area contributed by atoms with E-state index >= 15 is 0 Å². The van der Waals surface area contributed by atoms with Gasteiger partial charge in [-0.25, -0.2) is 0 Å². The molecule has 90 valence electrons. The average molecular weight is 228 g/mol. The number of nitrogens with zero attached hydrogens (tertiary/aromatic N) is 2. The van der Waals surface area contributed by atoms with E-state index in [1.54, 1.807) is 0 Å². The number of benzene rings is 1. The molecule has 1 aliphatic heterocycles. The zero-order valence-electron chi connectivity index (χ0n) is 10.7. The highest BCUT2D eigenvalue weighted by atomic mass is 15.1. The maximum absolute atomic E-state index is 8.61. The van der Waals surface area contributed by atoms with Crippen LogP contribution in [0, 0.1) is 11.3 Å². The van der Waals surface area contributed by atoms with Gasteiger partial charge in [0.25, 0.3) is 0 Å². The molecule has 17 heavy (non-hydrogen) atoms. The summed E-state index contributed by atoms with van der Waals surface area (Å²) in [6.07, 6.45) is 2.66. The largest absolute Gasteiger partial charge is 0.296 e. The Morgan fingerprint density at radius 3 is 2.88 bits per heavy atom. The SMILES string of the molecule is CC(C)N1CCc2cc(CCC#N)ccc2C1. The number of nitriles is 1. The van der Waals surface area contributed by atoms with E-state index in [1.165, 1.54) is 16.7 Å². The van der Waals surface area contributed by atoms with E-state index in [9.17, 15) is 0 Å². The first-order valence-corrected chi connectivity index (χ1v) is 6.42. The predicted octanol–water partition coefficient (Wildman–Crippen LogP) is 2.91. The Hall–Kier alpha value is -1.33. The molecule has 0 saturated heterocycles. The van der Waals surface area contributed by atoms with E-state index < -0.39 is 0 Å². The molecule has 0 saturated carbocycles. The molecule has 1 aromatic rings. The third-order valence-corrected chi connectivity index (χ3v) is 3.57. The highest BCUT2D eigenvalue weighted by molar-refractivity contribution is 5.34. The van der Waals surface area contributed by atoms with Crippen molar-refractivity contribution in [2.24, 2.45) is 0 Å². The van der Waals surface area contributed by atoms with Crippen molar-refractivity contribution in [1.29, 1.82) is 5.26 Å². The average Bonchev–Trinajstić information content (AvgIpc) is 2.35. The lowest BCUT2D eigenvalue weighted by atomic mass is 9.95. The highest BCUT2D eigenvalue weighted by Crippen LogP contribution is 2.22. The summed E-state index contributed by atoms with van der Waals surface area (Å²) in [6.45, 7) is 6.75. The topological polar surface area (TPSA) is 27.0 Å². The Morgan fingerprint density at radius 1 is 1.35 bits per heavy atom. The Labute approximate surface area is 104 Å². The third-order valence-electron chi connectivity index (χ3n) is 3.57. The monoisotopic (exact) mass is 228 g/mol. The third kappa shape index (κ3) is 2.87. The van der Waals surface area contributed by atoms with E-state index in [2.05, 4.69) is 43.0 Å². The summed E-state index contributed by atoms with van der Waals surface area (Å²) in [5.74, 6) is 0. The van der Waals surface area contributed by atoms with Gasteiger partial charge in [-0.2, -0.15) is 5.26 Å². The normalized spacial score (nSPS) is 15.6. The summed E-state index contributed by atoms with van der Waals surface area (Å²) >= 11 is 0. The fourth-order valence-electron chi connectivity index (χ4n) is 2.42. The van der Waals surface area contributed by atoms with Gasteiger partial charge in [-0.05, 0) is 43.4 Å². The summed E-state index contributed by atoms with van der Waals surface area (Å²) in [5.41, 5.74) is 4.26. The quantitative estimate of drug-likeness (QED) is 0.795. The lowest BCUT2D eigenvalue weighted by molar-refractivity contribution is 0.203. The second-order valence-corrected chi connectivity index (χ2v) is 5.08. The van der Waals surface area contributed by atoms with Crippen LogP contribution in [0.25, 0.3) is 0 Å². The molecule has 0 aliphatic carbocycles. The number of aryl methyl sites for hydroxylation is 1. The van der Waals surface area contributed by atoms with Crippen LogP contribution < -0.4 is 0 Å². The second kappa shape index (κ2) is 5.33. The minimum atomic E-state index is 0.622. The molecule has 0 unspecified atom stereocenters. The van der Waals surface area contributed by atoms with Crippen molar-refractivity contribution in [3.63, 3.8) is 0 Å². The molecule has 2 heteroatoms. The molecule has 0 fully saturated rings. The zero-order chi connectivity index (χ0) is 12.3. The van der Waals surface area contributed by atoms with Crippen LogP contribution in [0.2, 0.25) is 0 Å². The summed E-state index contributed by atoms with van der Waals surface area (Å²) in [4.78, 5) is 2.51. The maximum atomic E-state index is 8.61. The fourth-order valence-corrected chi connectivity index (χ4v) is 2.42. The minimum absolute atomic E-state index is 0.622. The van der Waals surface area contributed by atoms with Gasteiger partial charge in [0.15, 0.2) is 0 Å². The van der Waals surface area contributed by atoms with Crippen LogP contribution in [0.4, 0.5) is 0 Å². The van der Waals surface area contributed by atoms with Crippen molar-refractivity contribution in [3.8, 4) is 6.07 Å². The van der Waals surface area contributed by atoms with Crippen molar-refractivity contribution in [2.75, 3.05) is 6.54 Å². The lowest BCUT2D eigenvalue weighted by Gasteiger charge is -2.32. The Balaban J connectivity index is 2.12. The van der Waals surface area contributed by atoms with E-state index in [4.69, 9.17) is 5.26 Å². The van der Waals surface area contributed by atoms with Crippen LogP contribution in [0.5, 0.6) is 0 Å². The summed E-state index contributed by atoms with van der Waals surface area (Å²) in [5, 5.41) is 8.61. The minimum Gasteiger partial charge on any atom is -0.296 e. The molecule has 2 nitrogen and oxygen atoms in total. The molecule has 0 atom stereocenters. The first-order chi connectivity index (χ1) is 8.20. The molecule has 0 spiro atoms. The van der Waals surface area contributed by atoms with Crippen LogP contribution in [-0.4, -0.2) is 17.5 Å². The Bertz CT molecular complexity index is 429. The van der Waals surface area contributed by atoms with E-state index in [0.717, 1.165) is 25.9 Å². The maximum Gasteiger partial charge on any atom is 0.0625 e. The molecular weight excluding hydrogens is 208 g/mol. The molecule has 1 aliphatic rings. The molecule has 0 N–H and O–H groups in total. The van der Waals surface area contributed by atoms with Crippen molar-refractivity contribution in [1.82, 2.24) is 4.90 Å². The van der Waals surface area contributed by atoms with Gasteiger partial charge >= 0.3 is 0 Å². The van der Waals surface area contributed by atoms with Gasteiger partial charge in [0.05, 0.1) is 6.07 Å². The van der Waals surface area contributed by atoms with Crippen molar-refractivity contribution in [3.05, 3.63) is 34.9 Å². The molecular formula is C15H20N2. The molecule has 1 heterocycles. The first-order valence-electron chi connectivity index (χ1n) is 6.42. The Kier molecular flexibility index (Phi) is 3.81. The van der Waals surface area contributed by atoms with Crippen molar-refractivity contribution < 1.29 is 0 Å². The molecule has 0 aromatic heterocycles. The molecule has 2 rings (SSSR count). The van der Waals surface area contributed by atoms with E-state index in [-0.39, 0.29) is 0 Å².